The van der Waals surface area contributed by atoms with Gasteiger partial charge in [-0.2, -0.15) is 0 Å². The van der Waals surface area contributed by atoms with E-state index in [1.54, 1.807) is 6.92 Å². The summed E-state index contributed by atoms with van der Waals surface area (Å²) >= 11 is 0. The van der Waals surface area contributed by atoms with Gasteiger partial charge in [0.15, 0.2) is 0 Å². The molecule has 1 radical (unpaired) electrons. The van der Waals surface area contributed by atoms with Crippen molar-refractivity contribution in [2.24, 2.45) is 0 Å². The van der Waals surface area contributed by atoms with Gasteiger partial charge >= 0.3 is 0 Å². The highest BCUT2D eigenvalue weighted by Crippen LogP contribution is 2.18. The van der Waals surface area contributed by atoms with E-state index >= 15 is 0 Å². The summed E-state index contributed by atoms with van der Waals surface area (Å²) < 4.78 is 4.56. The Morgan fingerprint density at radius 3 is 2.33 bits per heavy atom. The summed E-state index contributed by atoms with van der Waals surface area (Å²) in [6.07, 6.45) is 0. The minimum atomic E-state index is -0.625. The molecule has 0 aromatic rings. The van der Waals surface area contributed by atoms with Crippen molar-refractivity contribution in [1.82, 2.24) is 0 Å². The maximum atomic E-state index is 8.73. The Balaban J connectivity index is 2.31. The lowest BCUT2D eigenvalue weighted by Crippen LogP contribution is -2.41. The second-order valence-electron chi connectivity index (χ2n) is 1.79. The first-order chi connectivity index (χ1) is 2.71. The molecular weight excluding hydrogens is 80.0 g/mol. The fourth-order valence-electron chi connectivity index (χ4n) is 0.325. The van der Waals surface area contributed by atoms with Crippen LogP contribution >= 0.6 is 0 Å². The predicted molar refractivity (Wildman–Crippen MR) is 20.9 cm³/mol. The van der Waals surface area contributed by atoms with Crippen LogP contribution in [0.3, 0.4) is 0 Å². The van der Waals surface area contributed by atoms with Gasteiger partial charge in [-0.3, -0.25) is 0 Å². The highest BCUT2D eigenvalue weighted by Gasteiger charge is 2.30. The monoisotopic (exact) mass is 87.0 g/mol. The molecule has 0 spiro atoms. The molecule has 0 amide bonds. The smallest absolute Gasteiger partial charge is 0.117 e. The Labute approximate surface area is 36.7 Å². The van der Waals surface area contributed by atoms with Crippen molar-refractivity contribution in [2.45, 2.75) is 12.5 Å². The molecule has 1 rings (SSSR count). The van der Waals surface area contributed by atoms with E-state index < -0.39 is 5.60 Å². The molecule has 1 unspecified atom stereocenters. The summed E-state index contributed by atoms with van der Waals surface area (Å²) in [6, 6.07) is 0. The van der Waals surface area contributed by atoms with Crippen molar-refractivity contribution in [3.8, 4) is 0 Å². The van der Waals surface area contributed by atoms with Gasteiger partial charge in [0.25, 0.3) is 0 Å². The number of ether oxygens (including phenoxy) is 1. The van der Waals surface area contributed by atoms with Crippen LogP contribution in [0.25, 0.3) is 0 Å². The number of rotatable bonds is 0. The minimum Gasteiger partial charge on any atom is -0.385 e. The third kappa shape index (κ3) is 0.533. The fourth-order valence-corrected chi connectivity index (χ4v) is 0.325. The van der Waals surface area contributed by atoms with Crippen LogP contribution in [0.1, 0.15) is 6.92 Å². The van der Waals surface area contributed by atoms with E-state index in [0.29, 0.717) is 6.61 Å². The summed E-state index contributed by atoms with van der Waals surface area (Å²) in [5, 5.41) is 8.73. The molecule has 6 heavy (non-hydrogen) atoms. The van der Waals surface area contributed by atoms with Crippen LogP contribution in [0.15, 0.2) is 0 Å². The van der Waals surface area contributed by atoms with E-state index in [0.717, 1.165) is 0 Å². The average Bonchev–Trinajstić information content (AvgIpc) is 1.32. The molecule has 0 aromatic carbocycles. The minimum absolute atomic E-state index is 0.451. The molecule has 0 saturated carbocycles. The van der Waals surface area contributed by atoms with Crippen molar-refractivity contribution in [3.63, 3.8) is 0 Å². The van der Waals surface area contributed by atoms with Crippen LogP contribution < -0.4 is 0 Å². The molecular formula is C4H7O2. The summed E-state index contributed by atoms with van der Waals surface area (Å²) in [4.78, 5) is 0. The molecule has 2 heteroatoms. The van der Waals surface area contributed by atoms with Crippen LogP contribution in [0, 0.1) is 6.61 Å². The molecule has 0 bridgehead atoms. The molecule has 0 aliphatic carbocycles. The lowest BCUT2D eigenvalue weighted by atomic mass is 10.1. The van der Waals surface area contributed by atoms with E-state index in [9.17, 15) is 0 Å². The average molecular weight is 87.1 g/mol. The first-order valence-corrected chi connectivity index (χ1v) is 1.89. The third-order valence-corrected chi connectivity index (χ3v) is 0.713. The fraction of sp³-hybridized carbons (Fsp3) is 0.750. The molecule has 1 heterocycles. The van der Waals surface area contributed by atoms with Crippen LogP contribution in [0.4, 0.5) is 0 Å². The Morgan fingerprint density at radius 2 is 2.33 bits per heavy atom. The van der Waals surface area contributed by atoms with Crippen LogP contribution in [0.2, 0.25) is 0 Å². The summed E-state index contributed by atoms with van der Waals surface area (Å²) in [5.41, 5.74) is -0.625. The van der Waals surface area contributed by atoms with Gasteiger partial charge in [-0.15, -0.1) is 0 Å². The van der Waals surface area contributed by atoms with Gasteiger partial charge in [0.2, 0.25) is 0 Å². The predicted octanol–water partition coefficient (Wildman–Crippen LogP) is -0.0706. The SMILES string of the molecule is CC1(O)[CH]OC1. The normalized spacial score (nSPS) is 29.0. The topological polar surface area (TPSA) is 29.5 Å². The number of aliphatic hydroxyl groups is 1. The lowest BCUT2D eigenvalue weighted by Gasteiger charge is -2.30. The molecule has 1 fully saturated rings. The van der Waals surface area contributed by atoms with Crippen molar-refractivity contribution in [2.75, 3.05) is 6.61 Å². The van der Waals surface area contributed by atoms with E-state index in [-0.39, 0.29) is 0 Å². The summed E-state index contributed by atoms with van der Waals surface area (Å²) in [5.74, 6) is 0. The molecule has 1 aliphatic heterocycles. The molecule has 0 aromatic heterocycles. The maximum absolute atomic E-state index is 8.73. The first-order valence-electron chi connectivity index (χ1n) is 1.89. The van der Waals surface area contributed by atoms with E-state index in [4.69, 9.17) is 5.11 Å². The van der Waals surface area contributed by atoms with Crippen molar-refractivity contribution in [3.05, 3.63) is 6.61 Å². The van der Waals surface area contributed by atoms with Gasteiger partial charge in [0.1, 0.15) is 12.2 Å². The van der Waals surface area contributed by atoms with Gasteiger partial charge in [-0.25, -0.2) is 0 Å². The van der Waals surface area contributed by atoms with Gasteiger partial charge in [0.05, 0.1) is 6.61 Å². The van der Waals surface area contributed by atoms with Crippen LogP contribution in [-0.4, -0.2) is 17.3 Å². The van der Waals surface area contributed by atoms with Gasteiger partial charge < -0.3 is 9.84 Å². The first kappa shape index (κ1) is 4.09. The second-order valence-corrected chi connectivity index (χ2v) is 1.79. The van der Waals surface area contributed by atoms with Gasteiger partial charge in [-0.05, 0) is 6.92 Å². The zero-order chi connectivity index (χ0) is 4.62. The molecule has 1 atom stereocenters. The highest BCUT2D eigenvalue weighted by atomic mass is 16.5. The maximum Gasteiger partial charge on any atom is 0.117 e. The zero-order valence-corrected chi connectivity index (χ0v) is 3.64. The molecule has 1 saturated heterocycles. The Hall–Kier alpha value is -0.0800. The number of hydrogen-bond acceptors (Lipinski definition) is 2. The molecule has 1 N–H and O–H groups in total. The number of hydrogen-bond donors (Lipinski definition) is 1. The molecule has 2 nitrogen and oxygen atoms in total. The Kier molecular flexibility index (Phi) is 0.648. The Morgan fingerprint density at radius 1 is 2.00 bits per heavy atom. The van der Waals surface area contributed by atoms with Crippen molar-refractivity contribution in [1.29, 1.82) is 0 Å². The third-order valence-electron chi connectivity index (χ3n) is 0.713. The quantitative estimate of drug-likeness (QED) is 0.448. The molecule has 35 valence electrons. The van der Waals surface area contributed by atoms with Crippen LogP contribution in [0.5, 0.6) is 0 Å². The zero-order valence-electron chi connectivity index (χ0n) is 3.64. The molecule has 1 aliphatic rings. The van der Waals surface area contributed by atoms with E-state index in [2.05, 4.69) is 4.74 Å². The van der Waals surface area contributed by atoms with E-state index in [1.165, 1.54) is 6.61 Å². The Bertz CT molecular complexity index is 52.6. The standard InChI is InChI=1S/C4H7O2/c1-4(5)2-6-3-4/h2,5H,3H2,1H3. The van der Waals surface area contributed by atoms with Crippen molar-refractivity contribution < 1.29 is 9.84 Å². The van der Waals surface area contributed by atoms with Gasteiger partial charge in [0, 0.05) is 0 Å². The summed E-state index contributed by atoms with van der Waals surface area (Å²) in [6.45, 7) is 3.58. The van der Waals surface area contributed by atoms with E-state index in [1.807, 2.05) is 0 Å². The largest absolute Gasteiger partial charge is 0.385 e. The van der Waals surface area contributed by atoms with Crippen LogP contribution in [-0.2, 0) is 4.74 Å². The van der Waals surface area contributed by atoms with Crippen molar-refractivity contribution >= 4 is 0 Å². The highest BCUT2D eigenvalue weighted by molar-refractivity contribution is 4.89. The van der Waals surface area contributed by atoms with Gasteiger partial charge in [-0.1, -0.05) is 0 Å². The lowest BCUT2D eigenvalue weighted by molar-refractivity contribution is -0.115. The summed E-state index contributed by atoms with van der Waals surface area (Å²) in [7, 11) is 0. The second kappa shape index (κ2) is 0.950.